The van der Waals surface area contributed by atoms with Gasteiger partial charge in [-0.1, -0.05) is 0 Å². The Morgan fingerprint density at radius 3 is 2.39 bits per heavy atom. The van der Waals surface area contributed by atoms with Crippen LogP contribution in [0.4, 0.5) is 22.0 Å². The monoisotopic (exact) mass is 272 g/mol. The van der Waals surface area contributed by atoms with Crippen molar-refractivity contribution in [3.05, 3.63) is 17.3 Å². The van der Waals surface area contributed by atoms with Gasteiger partial charge in [-0.05, 0) is 0 Å². The molecule has 0 aliphatic heterocycles. The van der Waals surface area contributed by atoms with Crippen LogP contribution < -0.4 is 15.2 Å². The normalized spacial score (nSPS) is 11.8. The third-order valence-electron chi connectivity index (χ3n) is 1.92. The third kappa shape index (κ3) is 3.42. The molecule has 0 aliphatic carbocycles. The molecule has 4 nitrogen and oxygen atoms in total. The lowest BCUT2D eigenvalue weighted by molar-refractivity contribution is -0.275. The minimum absolute atomic E-state index is 0.292. The van der Waals surface area contributed by atoms with Crippen LogP contribution in [0, 0.1) is 0 Å². The fourth-order valence-corrected chi connectivity index (χ4v) is 1.26. The number of nitrogens with zero attached hydrogens (tertiary/aromatic N) is 1. The van der Waals surface area contributed by atoms with Gasteiger partial charge in [0.15, 0.2) is 0 Å². The molecular weight excluding hydrogens is 263 g/mol. The van der Waals surface area contributed by atoms with Gasteiger partial charge in [0.1, 0.15) is 5.75 Å². The number of aromatic nitrogens is 1. The summed E-state index contributed by atoms with van der Waals surface area (Å²) in [6.45, 7) is -0.467. The average molecular weight is 272 g/mol. The Hall–Kier alpha value is -1.64. The summed E-state index contributed by atoms with van der Waals surface area (Å²) in [4.78, 5) is 3.55. The standard InChI is InChI=1S/C9H9F5N2O2/c1-17-6-2-5(18-9(12,13)14)7(8(10)11)4(3-15)16-6/h2,8H,3,15H2,1H3. The number of rotatable bonds is 4. The Morgan fingerprint density at radius 1 is 1.39 bits per heavy atom. The van der Waals surface area contributed by atoms with Crippen LogP contribution in [-0.4, -0.2) is 18.5 Å². The van der Waals surface area contributed by atoms with Crippen molar-refractivity contribution in [2.24, 2.45) is 5.73 Å². The summed E-state index contributed by atoms with van der Waals surface area (Å²) in [7, 11) is 1.13. The van der Waals surface area contributed by atoms with Gasteiger partial charge in [-0.2, -0.15) is 0 Å². The second-order valence-electron chi connectivity index (χ2n) is 3.08. The zero-order valence-corrected chi connectivity index (χ0v) is 9.09. The summed E-state index contributed by atoms with van der Waals surface area (Å²) in [6.07, 6.45) is -8.29. The highest BCUT2D eigenvalue weighted by molar-refractivity contribution is 5.41. The molecule has 0 spiro atoms. The first-order valence-electron chi connectivity index (χ1n) is 4.60. The minimum atomic E-state index is -5.10. The zero-order valence-electron chi connectivity index (χ0n) is 9.09. The van der Waals surface area contributed by atoms with Gasteiger partial charge < -0.3 is 15.2 Å². The molecule has 1 aromatic rings. The van der Waals surface area contributed by atoms with Crippen LogP contribution in [0.3, 0.4) is 0 Å². The summed E-state index contributed by atoms with van der Waals surface area (Å²) < 4.78 is 69.8. The number of nitrogens with two attached hydrogens (primary N) is 1. The summed E-state index contributed by atoms with van der Waals surface area (Å²) in [5, 5.41) is 0. The van der Waals surface area contributed by atoms with Crippen LogP contribution in [0.15, 0.2) is 6.07 Å². The molecule has 0 aliphatic rings. The lowest BCUT2D eigenvalue weighted by Gasteiger charge is -2.16. The molecule has 9 heteroatoms. The number of ether oxygens (including phenoxy) is 2. The molecule has 0 radical (unpaired) electrons. The molecule has 1 aromatic heterocycles. The van der Waals surface area contributed by atoms with Gasteiger partial charge in [-0.15, -0.1) is 13.2 Å². The molecule has 0 fully saturated rings. The van der Waals surface area contributed by atoms with Crippen LogP contribution in [-0.2, 0) is 6.54 Å². The SMILES string of the molecule is COc1cc(OC(F)(F)F)c(C(F)F)c(CN)n1. The quantitative estimate of drug-likeness (QED) is 0.855. The van der Waals surface area contributed by atoms with E-state index in [-0.39, 0.29) is 5.88 Å². The van der Waals surface area contributed by atoms with Crippen molar-refractivity contribution in [3.8, 4) is 11.6 Å². The average Bonchev–Trinajstić information content (AvgIpc) is 2.25. The fourth-order valence-electron chi connectivity index (χ4n) is 1.26. The van der Waals surface area contributed by atoms with E-state index in [4.69, 9.17) is 5.73 Å². The molecule has 0 saturated carbocycles. The largest absolute Gasteiger partial charge is 0.573 e. The van der Waals surface area contributed by atoms with Gasteiger partial charge in [0.2, 0.25) is 5.88 Å². The predicted octanol–water partition coefficient (Wildman–Crippen LogP) is 2.39. The third-order valence-corrected chi connectivity index (χ3v) is 1.92. The maximum absolute atomic E-state index is 12.7. The first-order valence-corrected chi connectivity index (χ1v) is 4.60. The van der Waals surface area contributed by atoms with Crippen LogP contribution in [0.5, 0.6) is 11.6 Å². The lowest BCUT2D eigenvalue weighted by Crippen LogP contribution is -2.19. The van der Waals surface area contributed by atoms with E-state index in [2.05, 4.69) is 14.5 Å². The van der Waals surface area contributed by atoms with E-state index in [1.807, 2.05) is 0 Å². The summed E-state index contributed by atoms with van der Waals surface area (Å²) in [6, 6.07) is 0.633. The number of pyridine rings is 1. The highest BCUT2D eigenvalue weighted by atomic mass is 19.4. The van der Waals surface area contributed by atoms with E-state index in [0.717, 1.165) is 7.11 Å². The molecule has 18 heavy (non-hydrogen) atoms. The minimum Gasteiger partial charge on any atom is -0.481 e. The van der Waals surface area contributed by atoms with Crippen LogP contribution in [0.1, 0.15) is 17.7 Å². The first kappa shape index (κ1) is 14.4. The predicted molar refractivity (Wildman–Crippen MR) is 50.3 cm³/mol. The summed E-state index contributed by atoms with van der Waals surface area (Å²) in [5.74, 6) is -1.36. The van der Waals surface area contributed by atoms with E-state index in [0.29, 0.717) is 6.07 Å². The number of alkyl halides is 5. The van der Waals surface area contributed by atoms with Gasteiger partial charge in [-0.25, -0.2) is 13.8 Å². The molecule has 0 unspecified atom stereocenters. The van der Waals surface area contributed by atoms with Gasteiger partial charge in [-0.3, -0.25) is 0 Å². The molecular formula is C9H9F5N2O2. The molecule has 0 aromatic carbocycles. The van der Waals surface area contributed by atoms with Crippen LogP contribution in [0.2, 0.25) is 0 Å². The first-order chi connectivity index (χ1) is 8.28. The molecule has 1 rings (SSSR count). The van der Waals surface area contributed by atoms with Crippen molar-refractivity contribution in [3.63, 3.8) is 0 Å². The molecule has 102 valence electrons. The highest BCUT2D eigenvalue weighted by Crippen LogP contribution is 2.36. The molecule has 0 bridgehead atoms. The van der Waals surface area contributed by atoms with Gasteiger partial charge in [0, 0.05) is 12.6 Å². The molecule has 0 amide bonds. The van der Waals surface area contributed by atoms with E-state index >= 15 is 0 Å². The van der Waals surface area contributed by atoms with Crippen molar-refractivity contribution in [2.45, 2.75) is 19.3 Å². The molecule has 1 heterocycles. The van der Waals surface area contributed by atoms with E-state index < -0.39 is 36.3 Å². The van der Waals surface area contributed by atoms with E-state index in [1.54, 1.807) is 0 Å². The Labute approximate surface area is 98.5 Å². The Morgan fingerprint density at radius 2 is 2.00 bits per heavy atom. The summed E-state index contributed by atoms with van der Waals surface area (Å²) >= 11 is 0. The Balaban J connectivity index is 3.34. The smallest absolute Gasteiger partial charge is 0.481 e. The Kier molecular flexibility index (Phi) is 4.28. The van der Waals surface area contributed by atoms with Gasteiger partial charge >= 0.3 is 6.36 Å². The van der Waals surface area contributed by atoms with Crippen LogP contribution >= 0.6 is 0 Å². The maximum Gasteiger partial charge on any atom is 0.573 e. The van der Waals surface area contributed by atoms with Crippen molar-refractivity contribution in [1.82, 2.24) is 4.98 Å². The number of hydrogen-bond acceptors (Lipinski definition) is 4. The molecule has 2 N–H and O–H groups in total. The van der Waals surface area contributed by atoms with Crippen molar-refractivity contribution in [1.29, 1.82) is 0 Å². The Bertz CT molecular complexity index is 422. The van der Waals surface area contributed by atoms with Crippen molar-refractivity contribution >= 4 is 0 Å². The summed E-state index contributed by atoms with van der Waals surface area (Å²) in [5.41, 5.74) is 3.75. The maximum atomic E-state index is 12.7. The fraction of sp³-hybridized carbons (Fsp3) is 0.444. The van der Waals surface area contributed by atoms with E-state index in [1.165, 1.54) is 0 Å². The molecule has 0 atom stereocenters. The van der Waals surface area contributed by atoms with Crippen molar-refractivity contribution in [2.75, 3.05) is 7.11 Å². The number of methoxy groups -OCH3 is 1. The van der Waals surface area contributed by atoms with E-state index in [9.17, 15) is 22.0 Å². The topological polar surface area (TPSA) is 57.4 Å². The van der Waals surface area contributed by atoms with Crippen LogP contribution in [0.25, 0.3) is 0 Å². The highest BCUT2D eigenvalue weighted by Gasteiger charge is 2.34. The lowest BCUT2D eigenvalue weighted by atomic mass is 10.1. The van der Waals surface area contributed by atoms with Gasteiger partial charge in [0.25, 0.3) is 6.43 Å². The second kappa shape index (κ2) is 5.34. The number of halogens is 5. The number of hydrogen-bond donors (Lipinski definition) is 1. The molecule has 0 saturated heterocycles. The van der Waals surface area contributed by atoms with Gasteiger partial charge in [0.05, 0.1) is 18.4 Å². The zero-order chi connectivity index (χ0) is 13.9. The second-order valence-corrected chi connectivity index (χ2v) is 3.08. The van der Waals surface area contributed by atoms with Crippen molar-refractivity contribution < 1.29 is 31.4 Å².